The first kappa shape index (κ1) is 13.0. The van der Waals surface area contributed by atoms with Gasteiger partial charge in [-0.3, -0.25) is 0 Å². The highest BCUT2D eigenvalue weighted by Crippen LogP contribution is 2.31. The van der Waals surface area contributed by atoms with Crippen molar-refractivity contribution < 1.29 is 9.84 Å². The lowest BCUT2D eigenvalue weighted by Crippen LogP contribution is -2.28. The summed E-state index contributed by atoms with van der Waals surface area (Å²) in [6.45, 7) is 3.66. The van der Waals surface area contributed by atoms with Crippen molar-refractivity contribution in [3.05, 3.63) is 18.2 Å². The Bertz CT molecular complexity index is 418. The van der Waals surface area contributed by atoms with Gasteiger partial charge in [0.05, 0.1) is 24.1 Å². The number of nitrogens with two attached hydrogens (primary N) is 1. The van der Waals surface area contributed by atoms with Crippen LogP contribution in [0.4, 0.5) is 11.4 Å². The standard InChI is InChI=1S/C14H22N2O2/c1-14(17)6-3-8-16(9-7-14)13-10-11(18-2)4-5-12(13)15/h4-5,10,17H,3,6-9,15H2,1-2H3. The number of benzene rings is 1. The van der Waals surface area contributed by atoms with Crippen LogP contribution in [0.1, 0.15) is 26.2 Å². The fraction of sp³-hybridized carbons (Fsp3) is 0.571. The molecule has 0 amide bonds. The molecule has 2 rings (SSSR count). The van der Waals surface area contributed by atoms with E-state index in [9.17, 15) is 5.11 Å². The number of aliphatic hydroxyl groups is 1. The number of nitrogens with zero attached hydrogens (tertiary/aromatic N) is 1. The van der Waals surface area contributed by atoms with Gasteiger partial charge in [-0.2, -0.15) is 0 Å². The maximum Gasteiger partial charge on any atom is 0.121 e. The highest BCUT2D eigenvalue weighted by atomic mass is 16.5. The SMILES string of the molecule is COc1ccc(N)c(N2CCCC(C)(O)CC2)c1. The lowest BCUT2D eigenvalue weighted by Gasteiger charge is -2.25. The van der Waals surface area contributed by atoms with Crippen LogP contribution in [0.5, 0.6) is 5.75 Å². The topological polar surface area (TPSA) is 58.7 Å². The van der Waals surface area contributed by atoms with Crippen molar-refractivity contribution in [3.8, 4) is 5.75 Å². The smallest absolute Gasteiger partial charge is 0.121 e. The van der Waals surface area contributed by atoms with Gasteiger partial charge in [-0.05, 0) is 38.3 Å². The van der Waals surface area contributed by atoms with Crippen LogP contribution in [0.25, 0.3) is 0 Å². The predicted octanol–water partition coefficient (Wildman–Crippen LogP) is 2.02. The fourth-order valence-electron chi connectivity index (χ4n) is 2.43. The zero-order valence-electron chi connectivity index (χ0n) is 11.1. The summed E-state index contributed by atoms with van der Waals surface area (Å²) in [5.41, 5.74) is 7.25. The molecule has 1 aromatic carbocycles. The van der Waals surface area contributed by atoms with Crippen LogP contribution < -0.4 is 15.4 Å². The monoisotopic (exact) mass is 250 g/mol. The number of rotatable bonds is 2. The molecule has 1 unspecified atom stereocenters. The van der Waals surface area contributed by atoms with Gasteiger partial charge in [-0.15, -0.1) is 0 Å². The molecule has 0 radical (unpaired) electrons. The molecule has 0 saturated carbocycles. The number of hydrogen-bond acceptors (Lipinski definition) is 4. The first-order chi connectivity index (χ1) is 8.52. The molecule has 1 aliphatic rings. The molecule has 1 fully saturated rings. The minimum absolute atomic E-state index is 0.553. The maximum absolute atomic E-state index is 10.1. The van der Waals surface area contributed by atoms with Crippen LogP contribution in [0.2, 0.25) is 0 Å². The number of ether oxygens (including phenoxy) is 1. The Kier molecular flexibility index (Phi) is 3.66. The third-order valence-corrected chi connectivity index (χ3v) is 3.64. The van der Waals surface area contributed by atoms with Gasteiger partial charge in [0.2, 0.25) is 0 Å². The Morgan fingerprint density at radius 3 is 2.83 bits per heavy atom. The molecule has 1 heterocycles. The van der Waals surface area contributed by atoms with Crippen LogP contribution >= 0.6 is 0 Å². The summed E-state index contributed by atoms with van der Waals surface area (Å²) < 4.78 is 5.24. The zero-order chi connectivity index (χ0) is 13.2. The average molecular weight is 250 g/mol. The van der Waals surface area contributed by atoms with Crippen molar-refractivity contribution in [3.63, 3.8) is 0 Å². The van der Waals surface area contributed by atoms with E-state index in [0.29, 0.717) is 0 Å². The quantitative estimate of drug-likeness (QED) is 0.788. The maximum atomic E-state index is 10.1. The van der Waals surface area contributed by atoms with Gasteiger partial charge in [0, 0.05) is 19.2 Å². The fourth-order valence-corrected chi connectivity index (χ4v) is 2.43. The van der Waals surface area contributed by atoms with Crippen LogP contribution in [-0.4, -0.2) is 30.9 Å². The largest absolute Gasteiger partial charge is 0.497 e. The molecule has 1 atom stereocenters. The molecule has 1 saturated heterocycles. The summed E-state index contributed by atoms with van der Waals surface area (Å²) in [5.74, 6) is 0.815. The lowest BCUT2D eigenvalue weighted by atomic mass is 9.98. The van der Waals surface area contributed by atoms with Gasteiger partial charge in [0.1, 0.15) is 5.75 Å². The highest BCUT2D eigenvalue weighted by molar-refractivity contribution is 5.69. The van der Waals surface area contributed by atoms with Gasteiger partial charge in [0.15, 0.2) is 0 Å². The molecule has 0 bridgehead atoms. The number of anilines is 2. The molecular weight excluding hydrogens is 228 g/mol. The second kappa shape index (κ2) is 5.06. The highest BCUT2D eigenvalue weighted by Gasteiger charge is 2.25. The van der Waals surface area contributed by atoms with E-state index < -0.39 is 5.60 Å². The van der Waals surface area contributed by atoms with Gasteiger partial charge in [-0.25, -0.2) is 0 Å². The summed E-state index contributed by atoms with van der Waals surface area (Å²) in [5, 5.41) is 10.1. The Hall–Kier alpha value is -1.42. The van der Waals surface area contributed by atoms with Crippen LogP contribution in [0, 0.1) is 0 Å². The Morgan fingerprint density at radius 2 is 2.11 bits per heavy atom. The van der Waals surface area contributed by atoms with E-state index in [0.717, 1.165) is 49.5 Å². The molecule has 18 heavy (non-hydrogen) atoms. The summed E-state index contributed by atoms with van der Waals surface area (Å²) in [6.07, 6.45) is 2.58. The summed E-state index contributed by atoms with van der Waals surface area (Å²) in [4.78, 5) is 2.24. The molecule has 0 spiro atoms. The third-order valence-electron chi connectivity index (χ3n) is 3.64. The van der Waals surface area contributed by atoms with E-state index in [-0.39, 0.29) is 0 Å². The third kappa shape index (κ3) is 2.88. The summed E-state index contributed by atoms with van der Waals surface area (Å²) in [6, 6.07) is 5.71. The van der Waals surface area contributed by atoms with E-state index in [1.54, 1.807) is 7.11 Å². The average Bonchev–Trinajstić information content (AvgIpc) is 2.51. The summed E-state index contributed by atoms with van der Waals surface area (Å²) >= 11 is 0. The first-order valence-corrected chi connectivity index (χ1v) is 6.43. The Balaban J connectivity index is 2.20. The first-order valence-electron chi connectivity index (χ1n) is 6.43. The van der Waals surface area contributed by atoms with E-state index in [2.05, 4.69) is 4.90 Å². The molecule has 1 aromatic rings. The Labute approximate surface area is 108 Å². The van der Waals surface area contributed by atoms with Crippen LogP contribution in [0.3, 0.4) is 0 Å². The molecule has 0 aliphatic carbocycles. The van der Waals surface area contributed by atoms with Gasteiger partial charge < -0.3 is 20.5 Å². The molecule has 100 valence electrons. The summed E-state index contributed by atoms with van der Waals surface area (Å²) in [7, 11) is 1.66. The van der Waals surface area contributed by atoms with E-state index >= 15 is 0 Å². The van der Waals surface area contributed by atoms with Gasteiger partial charge >= 0.3 is 0 Å². The number of nitrogen functional groups attached to an aromatic ring is 1. The van der Waals surface area contributed by atoms with Crippen LogP contribution in [-0.2, 0) is 0 Å². The molecule has 3 N–H and O–H groups in total. The minimum atomic E-state index is -0.553. The van der Waals surface area contributed by atoms with Gasteiger partial charge in [0.25, 0.3) is 0 Å². The predicted molar refractivity (Wildman–Crippen MR) is 74.1 cm³/mol. The van der Waals surface area contributed by atoms with Crippen molar-refractivity contribution >= 4 is 11.4 Å². The van der Waals surface area contributed by atoms with Crippen LogP contribution in [0.15, 0.2) is 18.2 Å². The van der Waals surface area contributed by atoms with E-state index in [1.165, 1.54) is 0 Å². The minimum Gasteiger partial charge on any atom is -0.497 e. The Morgan fingerprint density at radius 1 is 1.33 bits per heavy atom. The molecule has 1 aliphatic heterocycles. The number of hydrogen-bond donors (Lipinski definition) is 2. The second-order valence-electron chi connectivity index (χ2n) is 5.26. The molecule has 4 heteroatoms. The lowest BCUT2D eigenvalue weighted by molar-refractivity contribution is 0.0481. The molecule has 0 aromatic heterocycles. The van der Waals surface area contributed by atoms with Crippen molar-refractivity contribution in [2.45, 2.75) is 31.8 Å². The normalized spacial score (nSPS) is 24.7. The van der Waals surface area contributed by atoms with Gasteiger partial charge in [-0.1, -0.05) is 0 Å². The van der Waals surface area contributed by atoms with Crippen molar-refractivity contribution in [1.29, 1.82) is 0 Å². The number of methoxy groups -OCH3 is 1. The van der Waals surface area contributed by atoms with Crippen molar-refractivity contribution in [1.82, 2.24) is 0 Å². The van der Waals surface area contributed by atoms with Crippen molar-refractivity contribution in [2.75, 3.05) is 30.8 Å². The van der Waals surface area contributed by atoms with Crippen molar-refractivity contribution in [2.24, 2.45) is 0 Å². The molecule has 4 nitrogen and oxygen atoms in total. The molecular formula is C14H22N2O2. The zero-order valence-corrected chi connectivity index (χ0v) is 11.1. The van der Waals surface area contributed by atoms with E-state index in [4.69, 9.17) is 10.5 Å². The van der Waals surface area contributed by atoms with E-state index in [1.807, 2.05) is 25.1 Å². The second-order valence-corrected chi connectivity index (χ2v) is 5.26.